The van der Waals surface area contributed by atoms with Gasteiger partial charge >= 0.3 is 0 Å². The number of hydrogen-bond acceptors (Lipinski definition) is 3. The molecule has 2 saturated heterocycles. The van der Waals surface area contributed by atoms with Crippen LogP contribution in [0, 0.1) is 0 Å². The second-order valence-electron chi connectivity index (χ2n) is 7.33. The second-order valence-corrected chi connectivity index (χ2v) is 7.33. The Hall–Kier alpha value is -1.68. The Bertz CT molecular complexity index is 635. The number of fused-ring (bicyclic) bond motifs is 2. The molecule has 2 aromatic carbocycles. The molecule has 4 atom stereocenters. The van der Waals surface area contributed by atoms with Crippen molar-refractivity contribution in [3.05, 3.63) is 71.8 Å². The minimum absolute atomic E-state index is 0.00352. The van der Waals surface area contributed by atoms with Gasteiger partial charge in [-0.05, 0) is 37.4 Å². The van der Waals surface area contributed by atoms with E-state index in [1.807, 2.05) is 7.11 Å². The maximum Gasteiger partial charge on any atom is 0.108 e. The van der Waals surface area contributed by atoms with Crippen LogP contribution in [-0.4, -0.2) is 43.3 Å². The zero-order chi connectivity index (χ0) is 17.2. The number of likely N-dealkylation sites (N-methyl/N-ethyl adjacent to an activating group) is 1. The summed E-state index contributed by atoms with van der Waals surface area (Å²) in [6.07, 6.45) is 3.87. The lowest BCUT2D eigenvalue weighted by Gasteiger charge is -2.38. The smallest absolute Gasteiger partial charge is 0.108 e. The van der Waals surface area contributed by atoms with Crippen LogP contribution >= 0.6 is 0 Å². The minimum atomic E-state index is -0.00352. The van der Waals surface area contributed by atoms with Gasteiger partial charge in [-0.2, -0.15) is 0 Å². The van der Waals surface area contributed by atoms with Crippen LogP contribution in [0.3, 0.4) is 0 Å². The highest BCUT2D eigenvalue weighted by atomic mass is 16.5. The molecule has 0 aliphatic carbocycles. The molecule has 0 N–H and O–H groups in total. The Morgan fingerprint density at radius 2 is 1.48 bits per heavy atom. The molecule has 132 valence electrons. The van der Waals surface area contributed by atoms with E-state index in [4.69, 9.17) is 9.47 Å². The zero-order valence-corrected chi connectivity index (χ0v) is 15.0. The zero-order valence-electron chi connectivity index (χ0n) is 15.0. The van der Waals surface area contributed by atoms with Crippen molar-refractivity contribution in [1.29, 1.82) is 0 Å². The monoisotopic (exact) mass is 337 g/mol. The van der Waals surface area contributed by atoms with Gasteiger partial charge < -0.3 is 9.47 Å². The van der Waals surface area contributed by atoms with E-state index < -0.39 is 0 Å². The van der Waals surface area contributed by atoms with E-state index in [9.17, 15) is 0 Å². The first kappa shape index (κ1) is 16.8. The normalized spacial score (nSPS) is 29.2. The summed E-state index contributed by atoms with van der Waals surface area (Å²) in [5.41, 5.74) is 2.45. The first-order chi connectivity index (χ1) is 12.3. The highest BCUT2D eigenvalue weighted by molar-refractivity contribution is 5.30. The first-order valence-electron chi connectivity index (χ1n) is 9.26. The maximum atomic E-state index is 6.70. The average molecular weight is 337 g/mol. The van der Waals surface area contributed by atoms with Gasteiger partial charge in [-0.25, -0.2) is 0 Å². The Kier molecular flexibility index (Phi) is 4.89. The predicted octanol–water partition coefficient (Wildman–Crippen LogP) is 4.04. The summed E-state index contributed by atoms with van der Waals surface area (Å²) in [5, 5.41) is 0. The molecular formula is C22H27NO2. The van der Waals surface area contributed by atoms with Gasteiger partial charge in [0.05, 0.1) is 12.2 Å². The molecule has 2 aliphatic heterocycles. The number of nitrogens with zero attached hydrogens (tertiary/aromatic N) is 1. The van der Waals surface area contributed by atoms with Crippen molar-refractivity contribution in [1.82, 2.24) is 4.90 Å². The molecule has 4 rings (SSSR count). The minimum Gasteiger partial charge on any atom is -0.380 e. The van der Waals surface area contributed by atoms with E-state index in [1.165, 1.54) is 11.1 Å². The highest BCUT2D eigenvalue weighted by Crippen LogP contribution is 2.39. The van der Waals surface area contributed by atoms with Crippen LogP contribution in [0.15, 0.2) is 60.7 Å². The average Bonchev–Trinajstić information content (AvgIpc) is 2.85. The number of rotatable bonds is 5. The van der Waals surface area contributed by atoms with Gasteiger partial charge in [0.15, 0.2) is 0 Å². The SMILES string of the molecule is CO[C@H]1CC2C[C@H](OC(c3ccccc3)c3ccccc3)CC1N2C. The van der Waals surface area contributed by atoms with E-state index in [1.54, 1.807) is 0 Å². The van der Waals surface area contributed by atoms with Crippen molar-refractivity contribution < 1.29 is 9.47 Å². The number of hydrogen-bond donors (Lipinski definition) is 0. The fourth-order valence-corrected chi connectivity index (χ4v) is 4.54. The van der Waals surface area contributed by atoms with E-state index in [0.717, 1.165) is 19.3 Å². The molecule has 2 aliphatic rings. The lowest BCUT2D eigenvalue weighted by molar-refractivity contribution is -0.0523. The van der Waals surface area contributed by atoms with Crippen LogP contribution in [0.25, 0.3) is 0 Å². The molecule has 3 nitrogen and oxygen atoms in total. The summed E-state index contributed by atoms with van der Waals surface area (Å²) in [6.45, 7) is 0. The van der Waals surface area contributed by atoms with Crippen molar-refractivity contribution in [3.8, 4) is 0 Å². The second kappa shape index (κ2) is 7.28. The maximum absolute atomic E-state index is 6.70. The van der Waals surface area contributed by atoms with Gasteiger partial charge in [0.2, 0.25) is 0 Å². The molecule has 2 bridgehead atoms. The largest absolute Gasteiger partial charge is 0.380 e. The topological polar surface area (TPSA) is 21.7 Å². The Balaban J connectivity index is 1.56. The third-order valence-corrected chi connectivity index (χ3v) is 5.91. The van der Waals surface area contributed by atoms with Crippen LogP contribution in [0.2, 0.25) is 0 Å². The molecule has 0 amide bonds. The number of ether oxygens (including phenoxy) is 2. The van der Waals surface area contributed by atoms with E-state index in [-0.39, 0.29) is 12.2 Å². The summed E-state index contributed by atoms with van der Waals surface area (Å²) in [4.78, 5) is 2.49. The van der Waals surface area contributed by atoms with E-state index >= 15 is 0 Å². The van der Waals surface area contributed by atoms with Gasteiger partial charge in [0, 0.05) is 19.2 Å². The van der Waals surface area contributed by atoms with Crippen molar-refractivity contribution in [2.75, 3.05) is 14.2 Å². The van der Waals surface area contributed by atoms with Gasteiger partial charge in [-0.1, -0.05) is 60.7 Å². The van der Waals surface area contributed by atoms with Gasteiger partial charge in [0.1, 0.15) is 6.10 Å². The van der Waals surface area contributed by atoms with Crippen LogP contribution < -0.4 is 0 Å². The molecule has 0 spiro atoms. The molecule has 2 fully saturated rings. The molecule has 0 radical (unpaired) electrons. The molecule has 0 aromatic heterocycles. The Morgan fingerprint density at radius 1 is 0.880 bits per heavy atom. The summed E-state index contributed by atoms with van der Waals surface area (Å²) < 4.78 is 12.4. The lowest BCUT2D eigenvalue weighted by atomic mass is 9.97. The number of methoxy groups -OCH3 is 1. The Labute approximate surface area is 150 Å². The lowest BCUT2D eigenvalue weighted by Crippen LogP contribution is -2.45. The molecule has 2 unspecified atom stereocenters. The highest BCUT2D eigenvalue weighted by Gasteiger charge is 2.46. The number of benzene rings is 2. The van der Waals surface area contributed by atoms with Crippen LogP contribution in [0.4, 0.5) is 0 Å². The van der Waals surface area contributed by atoms with Crippen LogP contribution in [-0.2, 0) is 9.47 Å². The molecule has 2 aromatic rings. The van der Waals surface area contributed by atoms with Crippen molar-refractivity contribution in [3.63, 3.8) is 0 Å². The van der Waals surface area contributed by atoms with Crippen molar-refractivity contribution in [2.45, 2.75) is 49.7 Å². The molecule has 2 heterocycles. The molecule has 25 heavy (non-hydrogen) atoms. The summed E-state index contributed by atoms with van der Waals surface area (Å²) in [7, 11) is 4.07. The summed E-state index contributed by atoms with van der Waals surface area (Å²) >= 11 is 0. The van der Waals surface area contributed by atoms with Crippen LogP contribution in [0.5, 0.6) is 0 Å². The quantitative estimate of drug-likeness (QED) is 0.822. The van der Waals surface area contributed by atoms with E-state index in [0.29, 0.717) is 18.2 Å². The van der Waals surface area contributed by atoms with Crippen LogP contribution in [0.1, 0.15) is 36.5 Å². The standard InChI is InChI=1S/C22H27NO2/c1-23-18-13-19(15-20(23)21(14-18)24-2)25-22(16-9-5-3-6-10-16)17-11-7-4-8-12-17/h3-12,18-22H,13-15H2,1-2H3/t18?,19-,20?,21-/m0/s1. The number of piperidine rings is 1. The molecule has 3 heteroatoms. The molecule has 0 saturated carbocycles. The van der Waals surface area contributed by atoms with Gasteiger partial charge in [0.25, 0.3) is 0 Å². The fourth-order valence-electron chi connectivity index (χ4n) is 4.54. The van der Waals surface area contributed by atoms with E-state index in [2.05, 4.69) is 72.6 Å². The predicted molar refractivity (Wildman–Crippen MR) is 99.6 cm³/mol. The third kappa shape index (κ3) is 3.37. The van der Waals surface area contributed by atoms with Gasteiger partial charge in [-0.15, -0.1) is 0 Å². The van der Waals surface area contributed by atoms with Crippen molar-refractivity contribution >= 4 is 0 Å². The van der Waals surface area contributed by atoms with Gasteiger partial charge in [-0.3, -0.25) is 4.90 Å². The Morgan fingerprint density at radius 3 is 2.04 bits per heavy atom. The fraction of sp³-hybridized carbons (Fsp3) is 0.455. The first-order valence-corrected chi connectivity index (χ1v) is 9.26. The summed E-state index contributed by atoms with van der Waals surface area (Å²) in [5.74, 6) is 0. The summed E-state index contributed by atoms with van der Waals surface area (Å²) in [6, 6.07) is 22.2. The third-order valence-electron chi connectivity index (χ3n) is 5.91. The van der Waals surface area contributed by atoms with Crippen molar-refractivity contribution in [2.24, 2.45) is 0 Å². The molecular weight excluding hydrogens is 310 g/mol.